The van der Waals surface area contributed by atoms with E-state index in [0.29, 0.717) is 17.0 Å². The Morgan fingerprint density at radius 1 is 1.20 bits per heavy atom. The fraction of sp³-hybridized carbons (Fsp3) is 0.235. The first-order chi connectivity index (χ1) is 9.58. The van der Waals surface area contributed by atoms with Crippen LogP contribution in [0.5, 0.6) is 0 Å². The summed E-state index contributed by atoms with van der Waals surface area (Å²) in [5, 5.41) is 10.7. The predicted molar refractivity (Wildman–Crippen MR) is 79.4 cm³/mol. The number of hydrogen-bond donors (Lipinski definition) is 1. The smallest absolute Gasteiger partial charge is 0.191 e. The number of rotatable bonds is 1. The number of benzene rings is 2. The fourth-order valence-corrected chi connectivity index (χ4v) is 2.99. The van der Waals surface area contributed by atoms with Gasteiger partial charge in [0.25, 0.3) is 0 Å². The second kappa shape index (κ2) is 5.04. The molecule has 1 aliphatic rings. The summed E-state index contributed by atoms with van der Waals surface area (Å²) in [6.07, 6.45) is -0.523. The molecule has 0 amide bonds. The van der Waals surface area contributed by atoms with E-state index in [0.717, 1.165) is 16.7 Å². The Hall–Kier alpha value is -1.64. The Morgan fingerprint density at radius 2 is 1.95 bits per heavy atom. The van der Waals surface area contributed by atoms with E-state index in [1.54, 1.807) is 6.07 Å². The molecule has 0 radical (unpaired) electrons. The van der Waals surface area contributed by atoms with E-state index in [2.05, 4.69) is 0 Å². The maximum absolute atomic E-state index is 12.0. The minimum Gasteiger partial charge on any atom is -0.385 e. The van der Waals surface area contributed by atoms with E-state index in [4.69, 9.17) is 11.6 Å². The van der Waals surface area contributed by atoms with Crippen molar-refractivity contribution in [2.75, 3.05) is 0 Å². The number of carbonyl (C=O) groups excluding carboxylic acids is 1. The topological polar surface area (TPSA) is 37.3 Å². The Kier molecular flexibility index (Phi) is 3.36. The highest BCUT2D eigenvalue weighted by Crippen LogP contribution is 2.37. The third-order valence-corrected chi connectivity index (χ3v) is 4.37. The van der Waals surface area contributed by atoms with E-state index in [1.165, 1.54) is 0 Å². The van der Waals surface area contributed by atoms with Crippen LogP contribution < -0.4 is 0 Å². The lowest BCUT2D eigenvalue weighted by atomic mass is 9.77. The van der Waals surface area contributed by atoms with Crippen LogP contribution in [0, 0.1) is 6.92 Å². The fourth-order valence-electron chi connectivity index (χ4n) is 2.80. The highest BCUT2D eigenvalue weighted by Gasteiger charge is 2.32. The number of hydrogen-bond acceptors (Lipinski definition) is 2. The second-order valence-electron chi connectivity index (χ2n) is 5.26. The van der Waals surface area contributed by atoms with Crippen LogP contribution in [0.1, 0.15) is 39.4 Å². The maximum atomic E-state index is 12.0. The quantitative estimate of drug-likeness (QED) is 0.867. The number of aliphatic hydroxyl groups is 1. The molecule has 20 heavy (non-hydrogen) atoms. The molecule has 1 N–H and O–H groups in total. The molecule has 0 heterocycles. The first-order valence-electron chi connectivity index (χ1n) is 6.65. The Balaban J connectivity index is 2.12. The molecule has 0 bridgehead atoms. The minimum absolute atomic E-state index is 0.0111. The largest absolute Gasteiger partial charge is 0.385 e. The normalized spacial score (nSPS) is 21.6. The summed E-state index contributed by atoms with van der Waals surface area (Å²) in [5.74, 6) is -0.174. The number of fused-ring (bicyclic) bond motifs is 1. The monoisotopic (exact) mass is 286 g/mol. The van der Waals surface area contributed by atoms with Crippen molar-refractivity contribution in [3.05, 3.63) is 69.7 Å². The van der Waals surface area contributed by atoms with Crippen LogP contribution in [0.15, 0.2) is 42.5 Å². The second-order valence-corrected chi connectivity index (χ2v) is 5.67. The van der Waals surface area contributed by atoms with Crippen LogP contribution in [-0.4, -0.2) is 17.0 Å². The van der Waals surface area contributed by atoms with Crippen molar-refractivity contribution in [3.63, 3.8) is 0 Å². The SMILES string of the molecule is Cc1ccc([C@@H]2CC(O)C(=O)c3ccccc32)cc1Cl. The highest BCUT2D eigenvalue weighted by molar-refractivity contribution is 6.31. The zero-order valence-corrected chi connectivity index (χ0v) is 11.9. The van der Waals surface area contributed by atoms with Gasteiger partial charge in [-0.2, -0.15) is 0 Å². The summed E-state index contributed by atoms with van der Waals surface area (Å²) >= 11 is 6.20. The van der Waals surface area contributed by atoms with Gasteiger partial charge in [0, 0.05) is 16.5 Å². The lowest BCUT2D eigenvalue weighted by molar-refractivity contribution is 0.0699. The minimum atomic E-state index is -0.935. The number of halogens is 1. The summed E-state index contributed by atoms with van der Waals surface area (Å²) < 4.78 is 0. The van der Waals surface area contributed by atoms with E-state index < -0.39 is 6.10 Å². The summed E-state index contributed by atoms with van der Waals surface area (Å²) in [5.41, 5.74) is 3.66. The number of aryl methyl sites for hydroxylation is 1. The molecular formula is C17H15ClO2. The van der Waals surface area contributed by atoms with Gasteiger partial charge >= 0.3 is 0 Å². The summed E-state index contributed by atoms with van der Waals surface area (Å²) in [6.45, 7) is 1.96. The molecule has 3 heteroatoms. The van der Waals surface area contributed by atoms with E-state index in [-0.39, 0.29) is 11.7 Å². The first-order valence-corrected chi connectivity index (χ1v) is 7.03. The molecule has 2 atom stereocenters. The molecule has 0 aromatic heterocycles. The molecule has 0 fully saturated rings. The molecule has 1 aliphatic carbocycles. The summed E-state index contributed by atoms with van der Waals surface area (Å²) in [7, 11) is 0. The van der Waals surface area contributed by atoms with E-state index >= 15 is 0 Å². The van der Waals surface area contributed by atoms with Crippen molar-refractivity contribution in [1.29, 1.82) is 0 Å². The van der Waals surface area contributed by atoms with Crippen molar-refractivity contribution >= 4 is 17.4 Å². The molecule has 0 spiro atoms. The van der Waals surface area contributed by atoms with Gasteiger partial charge in [0.05, 0.1) is 0 Å². The molecule has 102 valence electrons. The average molecular weight is 287 g/mol. The Morgan fingerprint density at radius 3 is 2.70 bits per heavy atom. The van der Waals surface area contributed by atoms with E-state index in [9.17, 15) is 9.90 Å². The van der Waals surface area contributed by atoms with Crippen LogP contribution in [0.3, 0.4) is 0 Å². The van der Waals surface area contributed by atoms with Gasteiger partial charge in [-0.15, -0.1) is 0 Å². The highest BCUT2D eigenvalue weighted by atomic mass is 35.5. The molecule has 3 rings (SSSR count). The predicted octanol–water partition coefficient (Wildman–Crippen LogP) is 3.73. The molecule has 1 unspecified atom stereocenters. The van der Waals surface area contributed by atoms with Crippen LogP contribution in [0.2, 0.25) is 5.02 Å². The number of carbonyl (C=O) groups is 1. The summed E-state index contributed by atoms with van der Waals surface area (Å²) in [4.78, 5) is 12.0. The molecule has 0 aliphatic heterocycles. The van der Waals surface area contributed by atoms with Crippen LogP contribution in [-0.2, 0) is 0 Å². The van der Waals surface area contributed by atoms with Crippen molar-refractivity contribution < 1.29 is 9.90 Å². The number of ketones is 1. The third-order valence-electron chi connectivity index (χ3n) is 3.96. The van der Waals surface area contributed by atoms with Gasteiger partial charge in [-0.25, -0.2) is 0 Å². The lowest BCUT2D eigenvalue weighted by Crippen LogP contribution is -2.30. The standard InChI is InChI=1S/C17H15ClO2/c1-10-6-7-11(8-15(10)18)14-9-16(19)17(20)13-5-3-2-4-12(13)14/h2-8,14,16,19H,9H2,1H3/t14-,16?/m0/s1. The zero-order chi connectivity index (χ0) is 14.3. The van der Waals surface area contributed by atoms with Gasteiger partial charge in [-0.05, 0) is 36.1 Å². The molecule has 0 saturated carbocycles. The van der Waals surface area contributed by atoms with Gasteiger partial charge in [0.2, 0.25) is 0 Å². The van der Waals surface area contributed by atoms with Crippen LogP contribution in [0.25, 0.3) is 0 Å². The van der Waals surface area contributed by atoms with Crippen LogP contribution >= 0.6 is 11.6 Å². The van der Waals surface area contributed by atoms with Gasteiger partial charge in [0.15, 0.2) is 5.78 Å². The molecule has 0 saturated heterocycles. The maximum Gasteiger partial charge on any atom is 0.191 e. The van der Waals surface area contributed by atoms with Crippen molar-refractivity contribution in [1.82, 2.24) is 0 Å². The van der Waals surface area contributed by atoms with Crippen molar-refractivity contribution in [2.45, 2.75) is 25.4 Å². The lowest BCUT2D eigenvalue weighted by Gasteiger charge is -2.28. The van der Waals surface area contributed by atoms with Gasteiger partial charge in [-0.1, -0.05) is 48.0 Å². The average Bonchev–Trinajstić information content (AvgIpc) is 2.46. The number of aliphatic hydroxyl groups excluding tert-OH is 1. The van der Waals surface area contributed by atoms with Gasteiger partial charge in [-0.3, -0.25) is 4.79 Å². The third kappa shape index (κ3) is 2.15. The first kappa shape index (κ1) is 13.3. The van der Waals surface area contributed by atoms with Gasteiger partial charge in [0.1, 0.15) is 6.10 Å². The number of Topliss-reactive ketones (excluding diaryl/α,β-unsaturated/α-hetero) is 1. The van der Waals surface area contributed by atoms with Gasteiger partial charge < -0.3 is 5.11 Å². The van der Waals surface area contributed by atoms with Crippen LogP contribution in [0.4, 0.5) is 0 Å². The molecular weight excluding hydrogens is 272 g/mol. The molecule has 2 aromatic carbocycles. The molecule has 2 aromatic rings. The Bertz CT molecular complexity index is 678. The molecule has 2 nitrogen and oxygen atoms in total. The zero-order valence-electron chi connectivity index (χ0n) is 11.1. The van der Waals surface area contributed by atoms with E-state index in [1.807, 2.05) is 43.3 Å². The summed E-state index contributed by atoms with van der Waals surface area (Å²) in [6, 6.07) is 13.4. The van der Waals surface area contributed by atoms with Crippen molar-refractivity contribution in [2.24, 2.45) is 0 Å². The van der Waals surface area contributed by atoms with Crippen molar-refractivity contribution in [3.8, 4) is 0 Å². The Labute approximate surface area is 123 Å².